The number of carboxylic acids is 1. The Bertz CT molecular complexity index is 1320. The lowest BCUT2D eigenvalue weighted by atomic mass is 9.98. The van der Waals surface area contributed by atoms with Crippen LogP contribution in [-0.2, 0) is 30.4 Å². The van der Waals surface area contributed by atoms with Gasteiger partial charge in [0.2, 0.25) is 0 Å². The van der Waals surface area contributed by atoms with E-state index in [9.17, 15) is 19.5 Å². The summed E-state index contributed by atoms with van der Waals surface area (Å²) in [6, 6.07) is 23.5. The smallest absolute Gasteiger partial charge is 0.407 e. The van der Waals surface area contributed by atoms with E-state index in [0.717, 1.165) is 27.8 Å². The van der Waals surface area contributed by atoms with Crippen molar-refractivity contribution in [1.29, 1.82) is 0 Å². The average molecular weight is 545 g/mol. The molecular formula is C31H32N2O7. The van der Waals surface area contributed by atoms with E-state index >= 15 is 0 Å². The number of aliphatic carboxylic acids is 1. The predicted octanol–water partition coefficient (Wildman–Crippen LogP) is 3.86. The molecule has 0 saturated carbocycles. The fourth-order valence-corrected chi connectivity index (χ4v) is 5.30. The van der Waals surface area contributed by atoms with E-state index < -0.39 is 42.3 Å². The molecule has 0 spiro atoms. The number of amides is 2. The van der Waals surface area contributed by atoms with Crippen LogP contribution < -0.4 is 10.6 Å². The number of carbonyl (C=O) groups is 3. The molecule has 2 amide bonds. The number of carboxylic acid groups (broad SMARTS) is 1. The second kappa shape index (κ2) is 12.3. The second-order valence-corrected chi connectivity index (χ2v) is 9.98. The molecule has 9 nitrogen and oxygen atoms in total. The van der Waals surface area contributed by atoms with Crippen LogP contribution in [-0.4, -0.2) is 60.6 Å². The predicted molar refractivity (Wildman–Crippen MR) is 147 cm³/mol. The zero-order valence-electron chi connectivity index (χ0n) is 22.1. The fraction of sp³-hybridized carbons (Fsp3) is 0.323. The molecule has 3 N–H and O–H groups in total. The van der Waals surface area contributed by atoms with Crippen LogP contribution in [0.2, 0.25) is 0 Å². The molecule has 1 heterocycles. The van der Waals surface area contributed by atoms with Crippen LogP contribution in [0.15, 0.2) is 78.9 Å². The molecule has 5 rings (SSSR count). The summed E-state index contributed by atoms with van der Waals surface area (Å²) in [7, 11) is 0. The van der Waals surface area contributed by atoms with E-state index in [4.69, 9.17) is 14.2 Å². The topological polar surface area (TPSA) is 123 Å². The first-order valence-corrected chi connectivity index (χ1v) is 13.3. The van der Waals surface area contributed by atoms with Gasteiger partial charge in [0.1, 0.15) is 6.61 Å². The van der Waals surface area contributed by atoms with Crippen LogP contribution in [0.5, 0.6) is 0 Å². The van der Waals surface area contributed by atoms with Gasteiger partial charge in [-0.25, -0.2) is 9.59 Å². The first kappa shape index (κ1) is 27.4. The van der Waals surface area contributed by atoms with Crippen molar-refractivity contribution < 1.29 is 33.7 Å². The monoisotopic (exact) mass is 544 g/mol. The van der Waals surface area contributed by atoms with Crippen molar-refractivity contribution in [2.24, 2.45) is 0 Å². The second-order valence-electron chi connectivity index (χ2n) is 9.98. The van der Waals surface area contributed by atoms with E-state index in [1.54, 1.807) is 6.92 Å². The summed E-state index contributed by atoms with van der Waals surface area (Å²) in [6.45, 7) is 2.17. The van der Waals surface area contributed by atoms with Gasteiger partial charge < -0.3 is 30.0 Å². The van der Waals surface area contributed by atoms with Crippen molar-refractivity contribution >= 4 is 18.0 Å². The Balaban J connectivity index is 1.16. The number of rotatable bonds is 10. The minimum atomic E-state index is -1.30. The van der Waals surface area contributed by atoms with Gasteiger partial charge in [0.25, 0.3) is 5.91 Å². The maximum absolute atomic E-state index is 13.0. The lowest BCUT2D eigenvalue weighted by molar-refractivity contribution is -0.148. The van der Waals surface area contributed by atoms with Crippen LogP contribution in [0, 0.1) is 0 Å². The van der Waals surface area contributed by atoms with E-state index in [0.29, 0.717) is 6.42 Å². The average Bonchev–Trinajstić information content (AvgIpc) is 3.56. The van der Waals surface area contributed by atoms with E-state index in [1.807, 2.05) is 66.7 Å². The molecule has 0 radical (unpaired) electrons. The van der Waals surface area contributed by atoms with Gasteiger partial charge in [-0.15, -0.1) is 0 Å². The Morgan fingerprint density at radius 2 is 1.57 bits per heavy atom. The largest absolute Gasteiger partial charge is 0.480 e. The van der Waals surface area contributed by atoms with Gasteiger partial charge in [-0.1, -0.05) is 78.9 Å². The van der Waals surface area contributed by atoms with Gasteiger partial charge >= 0.3 is 12.1 Å². The Hall–Kier alpha value is -4.21. The van der Waals surface area contributed by atoms with E-state index in [1.165, 1.54) is 0 Å². The molecule has 2 aliphatic rings. The number of benzene rings is 3. The van der Waals surface area contributed by atoms with Crippen LogP contribution >= 0.6 is 0 Å². The lowest BCUT2D eigenvalue weighted by Gasteiger charge is -2.25. The molecule has 9 heteroatoms. The first-order valence-electron chi connectivity index (χ1n) is 13.3. The minimum absolute atomic E-state index is 0.0919. The molecular weight excluding hydrogens is 512 g/mol. The molecule has 0 bridgehead atoms. The first-order chi connectivity index (χ1) is 19.4. The van der Waals surface area contributed by atoms with E-state index in [-0.39, 0.29) is 25.7 Å². The van der Waals surface area contributed by atoms with Gasteiger partial charge in [-0.05, 0) is 41.2 Å². The molecule has 3 aromatic rings. The van der Waals surface area contributed by atoms with Crippen molar-refractivity contribution in [2.75, 3.05) is 13.2 Å². The molecule has 3 aromatic carbocycles. The summed E-state index contributed by atoms with van der Waals surface area (Å²) < 4.78 is 16.9. The quantitative estimate of drug-likeness (QED) is 0.354. The highest BCUT2D eigenvalue weighted by atomic mass is 16.6. The zero-order chi connectivity index (χ0) is 28.1. The van der Waals surface area contributed by atoms with Crippen molar-refractivity contribution in [3.05, 3.63) is 95.6 Å². The third-order valence-electron chi connectivity index (χ3n) is 7.39. The van der Waals surface area contributed by atoms with Crippen molar-refractivity contribution in [3.63, 3.8) is 0 Å². The van der Waals surface area contributed by atoms with Gasteiger partial charge in [-0.3, -0.25) is 4.79 Å². The molecule has 4 atom stereocenters. The van der Waals surface area contributed by atoms with Crippen molar-refractivity contribution in [2.45, 2.75) is 50.2 Å². The Labute approximate surface area is 232 Å². The third kappa shape index (κ3) is 6.00. The van der Waals surface area contributed by atoms with Gasteiger partial charge in [0, 0.05) is 12.5 Å². The summed E-state index contributed by atoms with van der Waals surface area (Å²) in [6.07, 6.45) is -2.13. The fourth-order valence-electron chi connectivity index (χ4n) is 5.30. The van der Waals surface area contributed by atoms with E-state index in [2.05, 4.69) is 22.8 Å². The van der Waals surface area contributed by atoms with Gasteiger partial charge in [0.15, 0.2) is 12.1 Å². The normalized spacial score (nSPS) is 19.2. The standard InChI is InChI=1S/C31H32N2O7/c1-19(39-17-20-9-3-2-4-10-20)27(30(35)36)33-29(34)28-26(15-16-38-28)32-31(37)40-18-25-23-13-7-5-11-21(23)22-12-6-8-14-24(22)25/h2-14,19,25-28H,15-18H2,1H3,(H,32,37)(H,33,34)(H,35,36)/t19-,26-,27+,28+/m1/s1. The maximum atomic E-state index is 13.0. The number of carbonyl (C=O) groups excluding carboxylic acids is 2. The van der Waals surface area contributed by atoms with Crippen molar-refractivity contribution in [3.8, 4) is 11.1 Å². The summed E-state index contributed by atoms with van der Waals surface area (Å²) in [4.78, 5) is 37.7. The van der Waals surface area contributed by atoms with Crippen molar-refractivity contribution in [1.82, 2.24) is 10.6 Å². The van der Waals surface area contributed by atoms with Crippen LogP contribution in [0.3, 0.4) is 0 Å². The number of ether oxygens (including phenoxy) is 3. The molecule has 208 valence electrons. The van der Waals surface area contributed by atoms with Gasteiger partial charge in [-0.2, -0.15) is 0 Å². The third-order valence-corrected chi connectivity index (χ3v) is 7.39. The molecule has 0 unspecified atom stereocenters. The molecule has 0 aromatic heterocycles. The van der Waals surface area contributed by atoms with Crippen LogP contribution in [0.4, 0.5) is 4.79 Å². The van der Waals surface area contributed by atoms with Crippen LogP contribution in [0.1, 0.15) is 36.0 Å². The lowest BCUT2D eigenvalue weighted by Crippen LogP contribution is -2.55. The SMILES string of the molecule is C[C@@H](OCc1ccccc1)[C@H](NC(=O)[C@H]1OCC[C@H]1NC(=O)OCC1c2ccccc2-c2ccccc21)C(=O)O. The Morgan fingerprint density at radius 3 is 2.23 bits per heavy atom. The van der Waals surface area contributed by atoms with Crippen LogP contribution in [0.25, 0.3) is 11.1 Å². The van der Waals surface area contributed by atoms with Gasteiger partial charge in [0.05, 0.1) is 18.8 Å². The Kier molecular flexibility index (Phi) is 8.42. The number of fused-ring (bicyclic) bond motifs is 3. The minimum Gasteiger partial charge on any atom is -0.480 e. The molecule has 1 saturated heterocycles. The molecule has 1 aliphatic heterocycles. The summed E-state index contributed by atoms with van der Waals surface area (Å²) >= 11 is 0. The highest BCUT2D eigenvalue weighted by Crippen LogP contribution is 2.44. The summed E-state index contributed by atoms with van der Waals surface area (Å²) in [5, 5.41) is 15.0. The highest BCUT2D eigenvalue weighted by Gasteiger charge is 2.39. The number of alkyl carbamates (subject to hydrolysis) is 1. The Morgan fingerprint density at radius 1 is 0.950 bits per heavy atom. The molecule has 1 fully saturated rings. The highest BCUT2D eigenvalue weighted by molar-refractivity contribution is 5.88. The molecule has 1 aliphatic carbocycles. The number of hydrogen-bond donors (Lipinski definition) is 3. The number of hydrogen-bond acceptors (Lipinski definition) is 6. The summed E-state index contributed by atoms with van der Waals surface area (Å²) in [5.41, 5.74) is 5.34. The summed E-state index contributed by atoms with van der Waals surface area (Å²) in [5.74, 6) is -1.96. The zero-order valence-corrected chi connectivity index (χ0v) is 22.1. The molecule has 40 heavy (non-hydrogen) atoms. The maximum Gasteiger partial charge on any atom is 0.407 e. The number of nitrogens with one attached hydrogen (secondary N) is 2.